The maximum absolute atomic E-state index is 12.6. The summed E-state index contributed by atoms with van der Waals surface area (Å²) >= 11 is 0. The lowest BCUT2D eigenvalue weighted by molar-refractivity contribution is 0.228. The van der Waals surface area contributed by atoms with Crippen molar-refractivity contribution in [2.45, 2.75) is 19.4 Å². The third-order valence-corrected chi connectivity index (χ3v) is 4.81. The maximum atomic E-state index is 12.6. The molecule has 4 rings (SSSR count). The Balaban J connectivity index is 1.77. The zero-order valence-electron chi connectivity index (χ0n) is 14.7. The van der Waals surface area contributed by atoms with E-state index >= 15 is 0 Å². The van der Waals surface area contributed by atoms with E-state index in [2.05, 4.69) is 11.9 Å². The Morgan fingerprint density at radius 1 is 1.20 bits per heavy atom. The van der Waals surface area contributed by atoms with Crippen molar-refractivity contribution in [1.82, 2.24) is 14.5 Å². The number of hydrogen-bond donors (Lipinski definition) is 0. The van der Waals surface area contributed by atoms with E-state index in [0.29, 0.717) is 12.4 Å². The van der Waals surface area contributed by atoms with Crippen molar-refractivity contribution in [3.63, 3.8) is 0 Å². The molecule has 2 aromatic rings. The second-order valence-corrected chi connectivity index (χ2v) is 6.41. The average molecular weight is 335 g/mol. The second kappa shape index (κ2) is 5.88. The molecule has 0 unspecified atom stereocenters. The van der Waals surface area contributed by atoms with Gasteiger partial charge in [0.05, 0.1) is 12.6 Å². The monoisotopic (exact) mass is 335 g/mol. The lowest BCUT2D eigenvalue weighted by Gasteiger charge is -2.30. The third kappa shape index (κ3) is 2.45. The molecule has 2 amide bonds. The van der Waals surface area contributed by atoms with Gasteiger partial charge in [-0.3, -0.25) is 14.8 Å². The number of urea groups is 1. The van der Waals surface area contributed by atoms with Crippen LogP contribution < -0.4 is 4.90 Å². The molecule has 6 heteroatoms. The van der Waals surface area contributed by atoms with Gasteiger partial charge in [-0.15, -0.1) is 0 Å². The Morgan fingerprint density at radius 2 is 1.96 bits per heavy atom. The molecule has 0 bridgehead atoms. The van der Waals surface area contributed by atoms with E-state index in [1.807, 2.05) is 54.1 Å². The summed E-state index contributed by atoms with van der Waals surface area (Å²) in [5.74, 6) is 2.23. The van der Waals surface area contributed by atoms with Crippen molar-refractivity contribution in [2.24, 2.45) is 12.0 Å². The lowest BCUT2D eigenvalue weighted by Crippen LogP contribution is -2.49. The minimum Gasteiger partial charge on any atom is -0.323 e. The van der Waals surface area contributed by atoms with Gasteiger partial charge in [0.15, 0.2) is 11.7 Å². The topological polar surface area (TPSA) is 53.7 Å². The number of anilines is 1. The van der Waals surface area contributed by atoms with Crippen LogP contribution in [0.25, 0.3) is 12.2 Å². The number of carbonyl (C=O) groups is 1. The number of benzene rings is 1. The summed E-state index contributed by atoms with van der Waals surface area (Å²) < 4.78 is 2.02. The molecule has 6 nitrogen and oxygen atoms in total. The number of hydrogen-bond acceptors (Lipinski definition) is 3. The standard InChI is InChI=1S/C19H21N5O/c1-4-14-12-24-18(20-14)16-17(23(3)19(24)25)21-15(22(16)2)11-10-13-8-6-5-7-9-13/h5-11,14H,4,12H2,1-3H3/b11-10-/t14-/m0/s1. The van der Waals surface area contributed by atoms with Crippen molar-refractivity contribution in [3.05, 3.63) is 47.4 Å². The van der Waals surface area contributed by atoms with E-state index in [9.17, 15) is 4.79 Å². The van der Waals surface area contributed by atoms with Gasteiger partial charge >= 0.3 is 6.03 Å². The normalized spacial score (nSPS) is 19.4. The number of aromatic nitrogens is 2. The number of fused-ring (bicyclic) bond motifs is 3. The van der Waals surface area contributed by atoms with Crippen LogP contribution in [-0.2, 0) is 7.05 Å². The zero-order valence-corrected chi connectivity index (χ0v) is 14.7. The first-order valence-corrected chi connectivity index (χ1v) is 8.53. The molecular weight excluding hydrogens is 314 g/mol. The highest BCUT2D eigenvalue weighted by Gasteiger charge is 2.41. The predicted molar refractivity (Wildman–Crippen MR) is 99.7 cm³/mol. The molecule has 2 aliphatic heterocycles. The van der Waals surface area contributed by atoms with Crippen molar-refractivity contribution in [2.75, 3.05) is 18.5 Å². The van der Waals surface area contributed by atoms with E-state index in [1.54, 1.807) is 16.8 Å². The quantitative estimate of drug-likeness (QED) is 0.866. The van der Waals surface area contributed by atoms with E-state index in [-0.39, 0.29) is 12.1 Å². The average Bonchev–Trinajstić information content (AvgIpc) is 3.20. The van der Waals surface area contributed by atoms with Gasteiger partial charge in [0.1, 0.15) is 11.5 Å². The number of imidazole rings is 1. The molecule has 0 fully saturated rings. The van der Waals surface area contributed by atoms with Crippen molar-refractivity contribution >= 4 is 29.8 Å². The van der Waals surface area contributed by atoms with E-state index in [1.165, 1.54) is 0 Å². The minimum atomic E-state index is -0.0566. The SMILES string of the molecule is CC[C@H]1CN2C(=O)N(C)c3nc(/C=C\c4ccccc4)n(C)c3C2=N1. The number of amides is 2. The summed E-state index contributed by atoms with van der Waals surface area (Å²) in [5.41, 5.74) is 2.02. The number of amidine groups is 1. The summed E-state index contributed by atoms with van der Waals surface area (Å²) in [4.78, 5) is 25.5. The molecule has 0 saturated carbocycles. The van der Waals surface area contributed by atoms with Gasteiger partial charge in [-0.05, 0) is 18.1 Å². The van der Waals surface area contributed by atoms with E-state index < -0.39 is 0 Å². The molecule has 1 aromatic heterocycles. The second-order valence-electron chi connectivity index (χ2n) is 6.41. The molecule has 0 saturated heterocycles. The van der Waals surface area contributed by atoms with E-state index in [4.69, 9.17) is 4.99 Å². The maximum Gasteiger partial charge on any atom is 0.331 e. The summed E-state index contributed by atoms with van der Waals surface area (Å²) in [6.07, 6.45) is 4.92. The summed E-state index contributed by atoms with van der Waals surface area (Å²) in [6.45, 7) is 2.74. The first-order chi connectivity index (χ1) is 12.1. The van der Waals surface area contributed by atoms with Crippen molar-refractivity contribution in [3.8, 4) is 0 Å². The highest BCUT2D eigenvalue weighted by atomic mass is 16.2. The molecule has 3 heterocycles. The van der Waals surface area contributed by atoms with Crippen LogP contribution in [0.1, 0.15) is 30.4 Å². The molecule has 2 aliphatic rings. The molecule has 0 aliphatic carbocycles. The summed E-state index contributed by atoms with van der Waals surface area (Å²) in [5, 5.41) is 0. The van der Waals surface area contributed by atoms with Crippen LogP contribution in [-0.4, -0.2) is 46.0 Å². The smallest absolute Gasteiger partial charge is 0.323 e. The molecular formula is C19H21N5O. The van der Waals surface area contributed by atoms with Crippen molar-refractivity contribution < 1.29 is 4.79 Å². The van der Waals surface area contributed by atoms with Gasteiger partial charge in [0.2, 0.25) is 0 Å². The molecule has 1 aromatic carbocycles. The largest absolute Gasteiger partial charge is 0.331 e. The van der Waals surface area contributed by atoms with Gasteiger partial charge in [-0.25, -0.2) is 9.78 Å². The number of carbonyl (C=O) groups excluding carboxylic acids is 1. The summed E-state index contributed by atoms with van der Waals surface area (Å²) in [7, 11) is 3.75. The first kappa shape index (κ1) is 15.6. The Kier molecular flexibility index (Phi) is 3.67. The lowest BCUT2D eigenvalue weighted by atomic mass is 10.2. The molecule has 25 heavy (non-hydrogen) atoms. The van der Waals surface area contributed by atoms with Crippen LogP contribution in [0, 0.1) is 0 Å². The van der Waals surface area contributed by atoms with Crippen LogP contribution in [0.15, 0.2) is 35.3 Å². The van der Waals surface area contributed by atoms with E-state index in [0.717, 1.165) is 29.3 Å². The predicted octanol–water partition coefficient (Wildman–Crippen LogP) is 3.00. The Bertz CT molecular complexity index is 881. The molecule has 0 N–H and O–H groups in total. The first-order valence-electron chi connectivity index (χ1n) is 8.53. The van der Waals surface area contributed by atoms with Gasteiger partial charge in [0.25, 0.3) is 0 Å². The number of rotatable bonds is 3. The Morgan fingerprint density at radius 3 is 2.68 bits per heavy atom. The molecule has 128 valence electrons. The molecule has 0 radical (unpaired) electrons. The molecule has 0 spiro atoms. The van der Waals surface area contributed by atoms with Gasteiger partial charge in [-0.1, -0.05) is 43.3 Å². The van der Waals surface area contributed by atoms with Gasteiger partial charge in [-0.2, -0.15) is 0 Å². The Hall–Kier alpha value is -2.89. The highest BCUT2D eigenvalue weighted by molar-refractivity contribution is 6.18. The highest BCUT2D eigenvalue weighted by Crippen LogP contribution is 2.32. The minimum absolute atomic E-state index is 0.0566. The fourth-order valence-corrected chi connectivity index (χ4v) is 3.30. The van der Waals surface area contributed by atoms with Crippen LogP contribution in [0.3, 0.4) is 0 Å². The zero-order chi connectivity index (χ0) is 17.6. The fraction of sp³-hybridized carbons (Fsp3) is 0.316. The van der Waals surface area contributed by atoms with Crippen molar-refractivity contribution in [1.29, 1.82) is 0 Å². The molecule has 1 atom stereocenters. The van der Waals surface area contributed by atoms with Gasteiger partial charge in [0, 0.05) is 14.1 Å². The van der Waals surface area contributed by atoms with Crippen LogP contribution in [0.2, 0.25) is 0 Å². The van der Waals surface area contributed by atoms with Gasteiger partial charge < -0.3 is 4.57 Å². The number of nitrogens with zero attached hydrogens (tertiary/aromatic N) is 5. The summed E-state index contributed by atoms with van der Waals surface area (Å²) in [6, 6.07) is 10.2. The van der Waals surface area contributed by atoms with Crippen LogP contribution in [0.4, 0.5) is 10.6 Å². The third-order valence-electron chi connectivity index (χ3n) is 4.81. The Labute approximate surface area is 147 Å². The number of aliphatic imine (C=N–C) groups is 1. The fourth-order valence-electron chi connectivity index (χ4n) is 3.30. The van der Waals surface area contributed by atoms with Crippen LogP contribution >= 0.6 is 0 Å². The van der Waals surface area contributed by atoms with Crippen LogP contribution in [0.5, 0.6) is 0 Å².